The van der Waals surface area contributed by atoms with Crippen molar-refractivity contribution in [3.63, 3.8) is 0 Å². The van der Waals surface area contributed by atoms with Gasteiger partial charge in [-0.3, -0.25) is 9.59 Å². The van der Waals surface area contributed by atoms with Crippen LogP contribution >= 0.6 is 0 Å². The highest BCUT2D eigenvalue weighted by Crippen LogP contribution is 2.20. The molecule has 0 N–H and O–H groups in total. The summed E-state index contributed by atoms with van der Waals surface area (Å²) in [6, 6.07) is 7.03. The average molecular weight is 261 g/mol. The number of nitrogens with zero attached hydrogens (tertiary/aromatic N) is 1. The first kappa shape index (κ1) is 13.6. The van der Waals surface area contributed by atoms with Crippen molar-refractivity contribution < 1.29 is 14.3 Å². The molecule has 4 heteroatoms. The van der Waals surface area contributed by atoms with Gasteiger partial charge in [-0.15, -0.1) is 0 Å². The van der Waals surface area contributed by atoms with Crippen LogP contribution in [-0.2, 0) is 4.79 Å². The summed E-state index contributed by atoms with van der Waals surface area (Å²) in [5.41, 5.74) is 0.643. The third kappa shape index (κ3) is 3.34. The summed E-state index contributed by atoms with van der Waals surface area (Å²) in [6.45, 7) is 4.27. The van der Waals surface area contributed by atoms with E-state index in [1.807, 2.05) is 4.90 Å². The van der Waals surface area contributed by atoms with Crippen molar-refractivity contribution in [2.75, 3.05) is 6.54 Å². The molecular weight excluding hydrogens is 242 g/mol. The van der Waals surface area contributed by atoms with Gasteiger partial charge in [-0.1, -0.05) is 0 Å². The van der Waals surface area contributed by atoms with E-state index in [0.717, 1.165) is 19.4 Å². The van der Waals surface area contributed by atoms with Crippen molar-refractivity contribution in [1.82, 2.24) is 4.90 Å². The van der Waals surface area contributed by atoms with Crippen molar-refractivity contribution in [2.24, 2.45) is 0 Å². The second kappa shape index (κ2) is 5.87. The molecule has 19 heavy (non-hydrogen) atoms. The van der Waals surface area contributed by atoms with Crippen LogP contribution in [0.5, 0.6) is 5.75 Å². The van der Waals surface area contributed by atoms with Gasteiger partial charge in [0.1, 0.15) is 5.75 Å². The minimum Gasteiger partial charge on any atom is -0.427 e. The number of rotatable bonds is 2. The van der Waals surface area contributed by atoms with Crippen LogP contribution in [0, 0.1) is 0 Å². The van der Waals surface area contributed by atoms with E-state index in [9.17, 15) is 9.59 Å². The molecule has 1 fully saturated rings. The van der Waals surface area contributed by atoms with Crippen LogP contribution in [0.25, 0.3) is 0 Å². The van der Waals surface area contributed by atoms with E-state index in [1.54, 1.807) is 24.3 Å². The molecule has 4 nitrogen and oxygen atoms in total. The second-order valence-electron chi connectivity index (χ2n) is 4.96. The fourth-order valence-electron chi connectivity index (χ4n) is 2.40. The topological polar surface area (TPSA) is 46.6 Å². The number of piperidine rings is 1. The largest absolute Gasteiger partial charge is 0.427 e. The highest BCUT2D eigenvalue weighted by molar-refractivity contribution is 5.94. The number of amides is 1. The van der Waals surface area contributed by atoms with Crippen LogP contribution in [0.2, 0.25) is 0 Å². The molecule has 0 aromatic heterocycles. The number of carbonyl (C=O) groups is 2. The van der Waals surface area contributed by atoms with Crippen molar-refractivity contribution in [3.05, 3.63) is 29.8 Å². The smallest absolute Gasteiger partial charge is 0.308 e. The van der Waals surface area contributed by atoms with Gasteiger partial charge in [0.2, 0.25) is 0 Å². The molecule has 0 aliphatic carbocycles. The molecule has 0 radical (unpaired) electrons. The van der Waals surface area contributed by atoms with Crippen LogP contribution in [-0.4, -0.2) is 29.4 Å². The first-order valence-corrected chi connectivity index (χ1v) is 6.67. The molecule has 1 aliphatic rings. The molecule has 0 spiro atoms. The Morgan fingerprint density at radius 2 is 1.89 bits per heavy atom. The Morgan fingerprint density at radius 3 is 2.47 bits per heavy atom. The number of hydrogen-bond donors (Lipinski definition) is 0. The molecule has 2 rings (SSSR count). The lowest BCUT2D eigenvalue weighted by Gasteiger charge is -2.33. The Labute approximate surface area is 113 Å². The zero-order valence-corrected chi connectivity index (χ0v) is 11.4. The maximum atomic E-state index is 12.4. The van der Waals surface area contributed by atoms with Crippen LogP contribution in [0.1, 0.15) is 43.5 Å². The molecule has 1 amide bonds. The normalized spacial score (nSPS) is 19.1. The van der Waals surface area contributed by atoms with Gasteiger partial charge in [-0.25, -0.2) is 0 Å². The highest BCUT2D eigenvalue weighted by atomic mass is 16.5. The van der Waals surface area contributed by atoms with Gasteiger partial charge in [0.25, 0.3) is 5.91 Å². The van der Waals surface area contributed by atoms with Gasteiger partial charge in [-0.2, -0.15) is 0 Å². The molecule has 1 aromatic carbocycles. The van der Waals surface area contributed by atoms with E-state index in [2.05, 4.69) is 6.92 Å². The second-order valence-corrected chi connectivity index (χ2v) is 4.96. The molecule has 1 unspecified atom stereocenters. The Hall–Kier alpha value is -1.84. The zero-order valence-electron chi connectivity index (χ0n) is 11.4. The number of ether oxygens (including phenoxy) is 1. The van der Waals surface area contributed by atoms with Crippen LogP contribution in [0.4, 0.5) is 0 Å². The lowest BCUT2D eigenvalue weighted by Crippen LogP contribution is -2.41. The molecule has 1 aromatic rings. The lowest BCUT2D eigenvalue weighted by molar-refractivity contribution is -0.131. The SMILES string of the molecule is CC(=O)Oc1ccc(C(=O)N2CCCCC2C)cc1. The third-order valence-electron chi connectivity index (χ3n) is 3.43. The number of hydrogen-bond acceptors (Lipinski definition) is 3. The first-order chi connectivity index (χ1) is 9.08. The van der Waals surface area contributed by atoms with E-state index in [0.29, 0.717) is 17.4 Å². The summed E-state index contributed by atoms with van der Waals surface area (Å²) in [7, 11) is 0. The highest BCUT2D eigenvalue weighted by Gasteiger charge is 2.24. The number of benzene rings is 1. The van der Waals surface area contributed by atoms with Crippen LogP contribution < -0.4 is 4.74 Å². The van der Waals surface area contributed by atoms with E-state index in [-0.39, 0.29) is 11.9 Å². The number of esters is 1. The molecule has 1 atom stereocenters. The van der Waals surface area contributed by atoms with E-state index < -0.39 is 0 Å². The molecule has 102 valence electrons. The predicted molar refractivity (Wildman–Crippen MR) is 72.1 cm³/mol. The third-order valence-corrected chi connectivity index (χ3v) is 3.43. The van der Waals surface area contributed by atoms with Crippen molar-refractivity contribution in [3.8, 4) is 5.75 Å². The summed E-state index contributed by atoms with van der Waals surface area (Å²) < 4.78 is 4.95. The molecule has 1 aliphatic heterocycles. The van der Waals surface area contributed by atoms with Gasteiger partial charge in [0.05, 0.1) is 0 Å². The molecule has 1 saturated heterocycles. The monoisotopic (exact) mass is 261 g/mol. The zero-order chi connectivity index (χ0) is 13.8. The van der Waals surface area contributed by atoms with Crippen LogP contribution in [0.3, 0.4) is 0 Å². The van der Waals surface area contributed by atoms with Crippen LogP contribution in [0.15, 0.2) is 24.3 Å². The number of likely N-dealkylation sites (tertiary alicyclic amines) is 1. The summed E-state index contributed by atoms with van der Waals surface area (Å²) >= 11 is 0. The molecule has 1 heterocycles. The Morgan fingerprint density at radius 1 is 1.21 bits per heavy atom. The molecule has 0 bridgehead atoms. The summed E-state index contributed by atoms with van der Waals surface area (Å²) in [5, 5.41) is 0. The van der Waals surface area contributed by atoms with Crippen molar-refractivity contribution >= 4 is 11.9 Å². The maximum absolute atomic E-state index is 12.4. The standard InChI is InChI=1S/C15H19NO3/c1-11-5-3-4-10-16(11)15(18)13-6-8-14(9-7-13)19-12(2)17/h6-9,11H,3-5,10H2,1-2H3. The summed E-state index contributed by atoms with van der Waals surface area (Å²) in [6.07, 6.45) is 3.33. The van der Waals surface area contributed by atoms with E-state index >= 15 is 0 Å². The summed E-state index contributed by atoms with van der Waals surface area (Å²) in [4.78, 5) is 25.1. The summed E-state index contributed by atoms with van der Waals surface area (Å²) in [5.74, 6) is 0.168. The molecule has 0 saturated carbocycles. The van der Waals surface area contributed by atoms with E-state index in [1.165, 1.54) is 13.3 Å². The first-order valence-electron chi connectivity index (χ1n) is 6.67. The molecular formula is C15H19NO3. The minimum atomic E-state index is -0.358. The van der Waals surface area contributed by atoms with Crippen molar-refractivity contribution in [1.29, 1.82) is 0 Å². The Bertz CT molecular complexity index is 467. The predicted octanol–water partition coefficient (Wildman–Crippen LogP) is 2.63. The number of carbonyl (C=O) groups excluding carboxylic acids is 2. The minimum absolute atomic E-state index is 0.0570. The lowest BCUT2D eigenvalue weighted by atomic mass is 10.0. The van der Waals surface area contributed by atoms with Gasteiger partial charge in [0, 0.05) is 25.1 Å². The van der Waals surface area contributed by atoms with Gasteiger partial charge in [-0.05, 0) is 50.5 Å². The maximum Gasteiger partial charge on any atom is 0.308 e. The quantitative estimate of drug-likeness (QED) is 0.607. The van der Waals surface area contributed by atoms with Gasteiger partial charge in [0.15, 0.2) is 0 Å². The average Bonchev–Trinajstić information content (AvgIpc) is 2.39. The van der Waals surface area contributed by atoms with Crippen molar-refractivity contribution in [2.45, 2.75) is 39.2 Å². The van der Waals surface area contributed by atoms with Gasteiger partial charge < -0.3 is 9.64 Å². The fraction of sp³-hybridized carbons (Fsp3) is 0.467. The van der Waals surface area contributed by atoms with Gasteiger partial charge >= 0.3 is 5.97 Å². The van der Waals surface area contributed by atoms with E-state index in [4.69, 9.17) is 4.74 Å². The Balaban J connectivity index is 2.08. The fourth-order valence-corrected chi connectivity index (χ4v) is 2.40. The Kier molecular flexibility index (Phi) is 4.20.